The van der Waals surface area contributed by atoms with E-state index in [1.54, 1.807) is 7.11 Å². The Balaban J connectivity index is 0.00000200. The van der Waals surface area contributed by atoms with Crippen molar-refractivity contribution >= 4 is 12.4 Å². The SMILES string of the molecule is COc1cc(C(C)N)ccc1OCc1ccccc1.Cl. The number of hydrogen-bond acceptors (Lipinski definition) is 3. The van der Waals surface area contributed by atoms with Crippen molar-refractivity contribution in [1.29, 1.82) is 0 Å². The molecule has 0 fully saturated rings. The summed E-state index contributed by atoms with van der Waals surface area (Å²) < 4.78 is 11.1. The second kappa shape index (κ2) is 7.78. The fourth-order valence-corrected chi connectivity index (χ4v) is 1.82. The van der Waals surface area contributed by atoms with Gasteiger partial charge < -0.3 is 15.2 Å². The van der Waals surface area contributed by atoms with Gasteiger partial charge in [-0.15, -0.1) is 12.4 Å². The third kappa shape index (κ3) is 4.15. The average molecular weight is 294 g/mol. The smallest absolute Gasteiger partial charge is 0.161 e. The summed E-state index contributed by atoms with van der Waals surface area (Å²) in [5.74, 6) is 1.45. The molecule has 3 nitrogen and oxygen atoms in total. The molecule has 2 aromatic rings. The van der Waals surface area contributed by atoms with Gasteiger partial charge in [0, 0.05) is 6.04 Å². The Morgan fingerprint density at radius 1 is 1.05 bits per heavy atom. The first-order valence-electron chi connectivity index (χ1n) is 6.31. The van der Waals surface area contributed by atoms with Crippen LogP contribution in [0, 0.1) is 0 Å². The molecule has 1 atom stereocenters. The highest BCUT2D eigenvalue weighted by Gasteiger charge is 2.08. The standard InChI is InChI=1S/C16H19NO2.ClH/c1-12(17)14-8-9-15(16(10-14)18-2)19-11-13-6-4-3-5-7-13;/h3-10,12H,11,17H2,1-2H3;1H. The molecular formula is C16H20ClNO2. The minimum absolute atomic E-state index is 0. The van der Waals surface area contributed by atoms with Crippen molar-refractivity contribution in [2.24, 2.45) is 5.73 Å². The van der Waals surface area contributed by atoms with Gasteiger partial charge in [0.05, 0.1) is 7.11 Å². The first-order valence-corrected chi connectivity index (χ1v) is 6.31. The van der Waals surface area contributed by atoms with E-state index in [0.717, 1.165) is 16.9 Å². The molecular weight excluding hydrogens is 274 g/mol. The zero-order valence-electron chi connectivity index (χ0n) is 11.7. The molecule has 0 radical (unpaired) electrons. The normalized spacial score (nSPS) is 11.3. The zero-order valence-corrected chi connectivity index (χ0v) is 12.5. The molecule has 0 heterocycles. The molecule has 0 amide bonds. The van der Waals surface area contributed by atoms with Gasteiger partial charge in [-0.25, -0.2) is 0 Å². The monoisotopic (exact) mass is 293 g/mol. The number of methoxy groups -OCH3 is 1. The summed E-state index contributed by atoms with van der Waals surface area (Å²) in [6.07, 6.45) is 0. The number of rotatable bonds is 5. The molecule has 0 aliphatic carbocycles. The third-order valence-electron chi connectivity index (χ3n) is 2.95. The lowest BCUT2D eigenvalue weighted by atomic mass is 10.1. The second-order valence-corrected chi connectivity index (χ2v) is 4.47. The summed E-state index contributed by atoms with van der Waals surface area (Å²) in [4.78, 5) is 0. The summed E-state index contributed by atoms with van der Waals surface area (Å²) in [6.45, 7) is 2.47. The maximum Gasteiger partial charge on any atom is 0.161 e. The van der Waals surface area contributed by atoms with Crippen LogP contribution in [-0.2, 0) is 6.61 Å². The van der Waals surface area contributed by atoms with Crippen molar-refractivity contribution in [1.82, 2.24) is 0 Å². The summed E-state index contributed by atoms with van der Waals surface area (Å²) in [6, 6.07) is 15.8. The number of hydrogen-bond donors (Lipinski definition) is 1. The molecule has 0 bridgehead atoms. The highest BCUT2D eigenvalue weighted by atomic mass is 35.5. The quantitative estimate of drug-likeness (QED) is 0.914. The van der Waals surface area contributed by atoms with E-state index in [9.17, 15) is 0 Å². The van der Waals surface area contributed by atoms with Crippen LogP contribution in [0.1, 0.15) is 24.1 Å². The van der Waals surface area contributed by atoms with Crippen molar-refractivity contribution in [3.63, 3.8) is 0 Å². The van der Waals surface area contributed by atoms with Crippen molar-refractivity contribution in [3.05, 3.63) is 59.7 Å². The lowest BCUT2D eigenvalue weighted by Crippen LogP contribution is -2.05. The maximum absolute atomic E-state index is 5.86. The van der Waals surface area contributed by atoms with Gasteiger partial charge in [-0.1, -0.05) is 36.4 Å². The van der Waals surface area contributed by atoms with Gasteiger partial charge in [-0.2, -0.15) is 0 Å². The molecule has 1 unspecified atom stereocenters. The fraction of sp³-hybridized carbons (Fsp3) is 0.250. The van der Waals surface area contributed by atoms with E-state index < -0.39 is 0 Å². The van der Waals surface area contributed by atoms with E-state index in [4.69, 9.17) is 15.2 Å². The number of benzene rings is 2. The van der Waals surface area contributed by atoms with Crippen LogP contribution >= 0.6 is 12.4 Å². The summed E-state index contributed by atoms with van der Waals surface area (Å²) in [7, 11) is 1.63. The molecule has 0 saturated heterocycles. The van der Waals surface area contributed by atoms with Crippen molar-refractivity contribution in [3.8, 4) is 11.5 Å². The number of nitrogens with two attached hydrogens (primary N) is 1. The van der Waals surface area contributed by atoms with Crippen LogP contribution < -0.4 is 15.2 Å². The first-order chi connectivity index (χ1) is 9.20. The molecule has 0 aromatic heterocycles. The Morgan fingerprint density at radius 3 is 2.35 bits per heavy atom. The highest BCUT2D eigenvalue weighted by Crippen LogP contribution is 2.30. The molecule has 2 N–H and O–H groups in total. The summed E-state index contributed by atoms with van der Waals surface area (Å²) >= 11 is 0. The molecule has 108 valence electrons. The van der Waals surface area contributed by atoms with Crippen molar-refractivity contribution in [2.75, 3.05) is 7.11 Å². The van der Waals surface area contributed by atoms with Gasteiger partial charge in [0.15, 0.2) is 11.5 Å². The molecule has 20 heavy (non-hydrogen) atoms. The van der Waals surface area contributed by atoms with Gasteiger partial charge >= 0.3 is 0 Å². The van der Waals surface area contributed by atoms with Gasteiger partial charge in [0.2, 0.25) is 0 Å². The second-order valence-electron chi connectivity index (χ2n) is 4.47. The highest BCUT2D eigenvalue weighted by molar-refractivity contribution is 5.85. The zero-order chi connectivity index (χ0) is 13.7. The van der Waals surface area contributed by atoms with Crippen LogP contribution in [0.2, 0.25) is 0 Å². The third-order valence-corrected chi connectivity index (χ3v) is 2.95. The van der Waals surface area contributed by atoms with E-state index in [-0.39, 0.29) is 18.4 Å². The maximum atomic E-state index is 5.86. The predicted molar refractivity (Wildman–Crippen MR) is 83.6 cm³/mol. The largest absolute Gasteiger partial charge is 0.493 e. The van der Waals surface area contributed by atoms with Crippen molar-refractivity contribution < 1.29 is 9.47 Å². The van der Waals surface area contributed by atoms with E-state index in [1.807, 2.05) is 55.5 Å². The molecule has 2 rings (SSSR count). The summed E-state index contributed by atoms with van der Waals surface area (Å²) in [5, 5.41) is 0. The average Bonchev–Trinajstić information content (AvgIpc) is 2.45. The lowest BCUT2D eigenvalue weighted by molar-refractivity contribution is 0.284. The Hall–Kier alpha value is -1.71. The predicted octanol–water partition coefficient (Wildman–Crippen LogP) is 3.72. The van der Waals surface area contributed by atoms with E-state index in [2.05, 4.69) is 0 Å². The summed E-state index contributed by atoms with van der Waals surface area (Å²) in [5.41, 5.74) is 8.01. The van der Waals surface area contributed by atoms with Gasteiger partial charge in [-0.3, -0.25) is 0 Å². The van der Waals surface area contributed by atoms with Crippen LogP contribution in [0.15, 0.2) is 48.5 Å². The Labute approximate surface area is 126 Å². The molecule has 0 aliphatic heterocycles. The topological polar surface area (TPSA) is 44.5 Å². The molecule has 0 saturated carbocycles. The Bertz CT molecular complexity index is 529. The van der Waals surface area contributed by atoms with E-state index in [1.165, 1.54) is 0 Å². The molecule has 0 aliphatic rings. The van der Waals surface area contributed by atoms with E-state index >= 15 is 0 Å². The molecule has 4 heteroatoms. The number of halogens is 1. The molecule has 0 spiro atoms. The van der Waals surface area contributed by atoms with Gasteiger partial charge in [0.25, 0.3) is 0 Å². The molecule has 2 aromatic carbocycles. The van der Waals surface area contributed by atoms with Crippen LogP contribution in [0.3, 0.4) is 0 Å². The Morgan fingerprint density at radius 2 is 1.75 bits per heavy atom. The Kier molecular flexibility index (Phi) is 6.36. The van der Waals surface area contributed by atoms with Crippen LogP contribution in [0.25, 0.3) is 0 Å². The fourth-order valence-electron chi connectivity index (χ4n) is 1.82. The van der Waals surface area contributed by atoms with Crippen LogP contribution in [-0.4, -0.2) is 7.11 Å². The minimum Gasteiger partial charge on any atom is -0.493 e. The minimum atomic E-state index is -0.0166. The van der Waals surface area contributed by atoms with Crippen LogP contribution in [0.4, 0.5) is 0 Å². The number of ether oxygens (including phenoxy) is 2. The van der Waals surface area contributed by atoms with Crippen LogP contribution in [0.5, 0.6) is 11.5 Å². The van der Waals surface area contributed by atoms with Gasteiger partial charge in [0.1, 0.15) is 6.61 Å². The van der Waals surface area contributed by atoms with Gasteiger partial charge in [-0.05, 0) is 30.2 Å². The van der Waals surface area contributed by atoms with Crippen molar-refractivity contribution in [2.45, 2.75) is 19.6 Å². The first kappa shape index (κ1) is 16.3. The van der Waals surface area contributed by atoms with E-state index in [0.29, 0.717) is 12.4 Å². The lowest BCUT2D eigenvalue weighted by Gasteiger charge is -2.13.